The van der Waals surface area contributed by atoms with Crippen molar-refractivity contribution in [2.45, 2.75) is 37.5 Å². The summed E-state index contributed by atoms with van der Waals surface area (Å²) in [4.78, 5) is 25.1. The van der Waals surface area contributed by atoms with Crippen molar-refractivity contribution >= 4 is 38.3 Å². The molecule has 9 heteroatoms. The molecule has 0 saturated heterocycles. The second-order valence-corrected chi connectivity index (χ2v) is 9.24. The van der Waals surface area contributed by atoms with Crippen LogP contribution in [-0.2, 0) is 32.3 Å². The number of anilines is 1. The Labute approximate surface area is 167 Å². The number of nitrogens with one attached hydrogen (secondary N) is 1. The first-order chi connectivity index (χ1) is 13.3. The van der Waals surface area contributed by atoms with Crippen molar-refractivity contribution in [2.75, 3.05) is 18.9 Å². The first-order valence-electron chi connectivity index (χ1n) is 8.73. The summed E-state index contributed by atoms with van der Waals surface area (Å²) in [5, 5.41) is 0.252. The summed E-state index contributed by atoms with van der Waals surface area (Å²) >= 11 is 1.27. The lowest BCUT2D eigenvalue weighted by Crippen LogP contribution is -2.17. The number of ether oxygens (including phenoxy) is 2. The fraction of sp³-hybridized carbons (Fsp3) is 0.368. The first-order valence-corrected chi connectivity index (χ1v) is 11.0. The molecule has 1 aromatic carbocycles. The van der Waals surface area contributed by atoms with Crippen molar-refractivity contribution in [1.82, 2.24) is 0 Å². The van der Waals surface area contributed by atoms with E-state index in [1.165, 1.54) is 37.7 Å². The Kier molecular flexibility index (Phi) is 5.76. The zero-order chi connectivity index (χ0) is 20.5. The lowest BCUT2D eigenvalue weighted by atomic mass is 9.95. The van der Waals surface area contributed by atoms with E-state index in [1.54, 1.807) is 13.0 Å². The highest BCUT2D eigenvalue weighted by Crippen LogP contribution is 2.39. The number of carbonyl (C=O) groups is 2. The van der Waals surface area contributed by atoms with E-state index in [2.05, 4.69) is 9.46 Å². The van der Waals surface area contributed by atoms with E-state index in [-0.39, 0.29) is 21.0 Å². The Morgan fingerprint density at radius 3 is 2.43 bits per heavy atom. The van der Waals surface area contributed by atoms with Gasteiger partial charge in [-0.15, -0.1) is 11.3 Å². The number of hydrogen-bond acceptors (Lipinski definition) is 7. The first kappa shape index (κ1) is 20.3. The molecule has 0 radical (unpaired) electrons. The van der Waals surface area contributed by atoms with Crippen molar-refractivity contribution in [3.63, 3.8) is 0 Å². The third kappa shape index (κ3) is 3.77. The van der Waals surface area contributed by atoms with Gasteiger partial charge >= 0.3 is 11.9 Å². The molecule has 0 fully saturated rings. The van der Waals surface area contributed by atoms with Crippen LogP contribution in [0.1, 0.15) is 49.6 Å². The van der Waals surface area contributed by atoms with E-state index in [1.807, 2.05) is 0 Å². The second-order valence-electron chi connectivity index (χ2n) is 6.48. The van der Waals surface area contributed by atoms with Gasteiger partial charge in [-0.25, -0.2) is 18.0 Å². The number of rotatable bonds is 5. The van der Waals surface area contributed by atoms with Gasteiger partial charge in [0.15, 0.2) is 0 Å². The summed E-state index contributed by atoms with van der Waals surface area (Å²) in [6, 6.07) is 4.32. The van der Waals surface area contributed by atoms with Crippen LogP contribution >= 0.6 is 11.3 Å². The van der Waals surface area contributed by atoms with Crippen LogP contribution in [0.3, 0.4) is 0 Å². The van der Waals surface area contributed by atoms with Gasteiger partial charge in [-0.2, -0.15) is 0 Å². The van der Waals surface area contributed by atoms with Crippen molar-refractivity contribution in [3.05, 3.63) is 45.3 Å². The largest absolute Gasteiger partial charge is 0.465 e. The molecule has 0 amide bonds. The van der Waals surface area contributed by atoms with Crippen LogP contribution in [0.2, 0.25) is 0 Å². The number of hydrogen-bond donors (Lipinski definition) is 1. The number of carbonyl (C=O) groups excluding carboxylic acids is 2. The third-order valence-electron chi connectivity index (χ3n) is 4.69. The minimum atomic E-state index is -4.03. The number of benzene rings is 1. The maximum atomic E-state index is 13.1. The lowest BCUT2D eigenvalue weighted by molar-refractivity contribution is 0.0592. The smallest absolute Gasteiger partial charge is 0.341 e. The lowest BCUT2D eigenvalue weighted by Gasteiger charge is -2.13. The Morgan fingerprint density at radius 1 is 1.07 bits per heavy atom. The normalized spacial score (nSPS) is 13.5. The van der Waals surface area contributed by atoms with E-state index >= 15 is 0 Å². The summed E-state index contributed by atoms with van der Waals surface area (Å²) in [6.07, 6.45) is 3.47. The minimum Gasteiger partial charge on any atom is -0.465 e. The van der Waals surface area contributed by atoms with E-state index in [0.29, 0.717) is 5.56 Å². The summed E-state index contributed by atoms with van der Waals surface area (Å²) in [5.74, 6) is -1.18. The van der Waals surface area contributed by atoms with Crippen molar-refractivity contribution < 1.29 is 27.5 Å². The molecule has 1 N–H and O–H groups in total. The fourth-order valence-corrected chi connectivity index (χ4v) is 6.12. The zero-order valence-corrected chi connectivity index (χ0v) is 17.5. The van der Waals surface area contributed by atoms with Crippen LogP contribution in [0.25, 0.3) is 0 Å². The van der Waals surface area contributed by atoms with Crippen LogP contribution in [0.5, 0.6) is 0 Å². The predicted molar refractivity (Wildman–Crippen MR) is 106 cm³/mol. The van der Waals surface area contributed by atoms with E-state index < -0.39 is 22.0 Å². The van der Waals surface area contributed by atoms with Crippen molar-refractivity contribution in [1.29, 1.82) is 0 Å². The fourth-order valence-electron chi connectivity index (χ4n) is 3.27. The highest BCUT2D eigenvalue weighted by Gasteiger charge is 2.29. The van der Waals surface area contributed by atoms with Crippen LogP contribution in [-0.4, -0.2) is 34.6 Å². The van der Waals surface area contributed by atoms with E-state index in [9.17, 15) is 18.0 Å². The number of thiophene rings is 1. The molecule has 3 rings (SSSR count). The molecule has 2 aromatic rings. The molecule has 0 atom stereocenters. The second kappa shape index (κ2) is 7.92. The van der Waals surface area contributed by atoms with Gasteiger partial charge in [-0.05, 0) is 55.9 Å². The number of fused-ring (bicyclic) bond motifs is 1. The summed E-state index contributed by atoms with van der Waals surface area (Å²) in [7, 11) is -1.52. The van der Waals surface area contributed by atoms with Crippen molar-refractivity contribution in [2.24, 2.45) is 0 Å². The van der Waals surface area contributed by atoms with Gasteiger partial charge < -0.3 is 9.47 Å². The van der Waals surface area contributed by atoms with E-state index in [4.69, 9.17) is 4.74 Å². The minimum absolute atomic E-state index is 0.0439. The van der Waals surface area contributed by atoms with Gasteiger partial charge in [-0.1, -0.05) is 6.07 Å². The molecule has 0 unspecified atom stereocenters. The zero-order valence-electron chi connectivity index (χ0n) is 15.8. The molecule has 1 aromatic heterocycles. The monoisotopic (exact) mass is 423 g/mol. The van der Waals surface area contributed by atoms with Crippen LogP contribution < -0.4 is 4.72 Å². The average molecular weight is 424 g/mol. The highest BCUT2D eigenvalue weighted by molar-refractivity contribution is 7.93. The molecule has 1 heterocycles. The van der Waals surface area contributed by atoms with Gasteiger partial charge in [0.25, 0.3) is 10.0 Å². The Morgan fingerprint density at radius 2 is 1.75 bits per heavy atom. The van der Waals surface area contributed by atoms with Gasteiger partial charge in [0.05, 0.1) is 30.2 Å². The molecule has 1 aliphatic rings. The third-order valence-corrected chi connectivity index (χ3v) is 7.51. The molecule has 28 heavy (non-hydrogen) atoms. The van der Waals surface area contributed by atoms with Gasteiger partial charge in [0, 0.05) is 4.88 Å². The molecule has 150 valence electrons. The van der Waals surface area contributed by atoms with E-state index in [0.717, 1.165) is 36.1 Å². The van der Waals surface area contributed by atoms with Crippen LogP contribution in [0.15, 0.2) is 23.1 Å². The molecule has 0 aliphatic heterocycles. The Balaban J connectivity index is 2.05. The Hall–Kier alpha value is -2.39. The van der Waals surface area contributed by atoms with Crippen LogP contribution in [0.4, 0.5) is 5.00 Å². The highest BCUT2D eigenvalue weighted by atomic mass is 32.2. The van der Waals surface area contributed by atoms with Gasteiger partial charge in [0.2, 0.25) is 0 Å². The maximum Gasteiger partial charge on any atom is 0.341 e. The van der Waals surface area contributed by atoms with Crippen LogP contribution in [0, 0.1) is 6.92 Å². The summed E-state index contributed by atoms with van der Waals surface area (Å²) < 4.78 is 38.2. The average Bonchev–Trinajstić information content (AvgIpc) is 3.03. The number of esters is 2. The summed E-state index contributed by atoms with van der Waals surface area (Å²) in [6.45, 7) is 1.64. The van der Waals surface area contributed by atoms with Gasteiger partial charge in [0.1, 0.15) is 5.00 Å². The molecule has 0 bridgehead atoms. The number of aryl methyl sites for hydroxylation is 2. The van der Waals surface area contributed by atoms with Crippen molar-refractivity contribution in [3.8, 4) is 0 Å². The quantitative estimate of drug-likeness (QED) is 0.741. The SMILES string of the molecule is COC(=O)c1ccc(C)c(S(=O)(=O)Nc2sc3c(c2C(=O)OC)CCCC3)c1. The molecule has 1 aliphatic carbocycles. The predicted octanol–water partition coefficient (Wildman–Crippen LogP) is 3.31. The molecule has 0 saturated carbocycles. The Bertz CT molecular complexity index is 1040. The topological polar surface area (TPSA) is 98.8 Å². The number of methoxy groups -OCH3 is 2. The summed E-state index contributed by atoms with van der Waals surface area (Å²) in [5.41, 5.74) is 1.75. The molecular weight excluding hydrogens is 402 g/mol. The molecule has 0 spiro atoms. The maximum absolute atomic E-state index is 13.1. The molecule has 7 nitrogen and oxygen atoms in total. The number of sulfonamides is 1. The molecular formula is C19H21NO6S2. The van der Waals surface area contributed by atoms with Gasteiger partial charge in [-0.3, -0.25) is 4.72 Å². The standard InChI is InChI=1S/C19H21NO6S2/c1-11-8-9-12(18(21)25-2)10-15(11)28(23,24)20-17-16(19(22)26-3)13-6-4-5-7-14(13)27-17/h8-10,20H,4-7H2,1-3H3.